The largest absolute Gasteiger partial charge is 0.490 e. The highest BCUT2D eigenvalue weighted by atomic mass is 19.1. The maximum absolute atomic E-state index is 13.0. The topological polar surface area (TPSA) is 21.3 Å². The number of nitrogens with one attached hydrogen (secondary N) is 1. The van der Waals surface area contributed by atoms with E-state index in [1.807, 2.05) is 6.92 Å². The van der Waals surface area contributed by atoms with Crippen molar-refractivity contribution < 1.29 is 13.5 Å². The molecule has 1 aliphatic heterocycles. The molecule has 0 radical (unpaired) electrons. The van der Waals surface area contributed by atoms with Crippen LogP contribution in [0.3, 0.4) is 0 Å². The number of benzene rings is 1. The second-order valence-electron chi connectivity index (χ2n) is 4.53. The van der Waals surface area contributed by atoms with Gasteiger partial charge >= 0.3 is 0 Å². The van der Waals surface area contributed by atoms with Gasteiger partial charge in [-0.05, 0) is 26.3 Å². The first-order valence-corrected chi connectivity index (χ1v) is 5.98. The van der Waals surface area contributed by atoms with E-state index in [1.54, 1.807) is 0 Å². The van der Waals surface area contributed by atoms with E-state index in [9.17, 15) is 8.78 Å². The van der Waals surface area contributed by atoms with Gasteiger partial charge in [0, 0.05) is 30.7 Å². The predicted molar refractivity (Wildman–Crippen MR) is 62.0 cm³/mol. The Balaban J connectivity index is 1.99. The van der Waals surface area contributed by atoms with Crippen LogP contribution in [0.15, 0.2) is 18.2 Å². The molecule has 0 saturated carbocycles. The molecule has 1 aromatic carbocycles. The lowest BCUT2D eigenvalue weighted by molar-refractivity contribution is 0.130. The van der Waals surface area contributed by atoms with Gasteiger partial charge in [0.1, 0.15) is 17.4 Å². The van der Waals surface area contributed by atoms with E-state index in [0.29, 0.717) is 5.92 Å². The summed E-state index contributed by atoms with van der Waals surface area (Å²) in [5.74, 6) is -0.543. The average molecular weight is 241 g/mol. The molecule has 0 aromatic heterocycles. The summed E-state index contributed by atoms with van der Waals surface area (Å²) in [5, 5.41) is 3.30. The summed E-state index contributed by atoms with van der Waals surface area (Å²) in [6, 6.07) is 3.28. The number of halogens is 2. The zero-order chi connectivity index (χ0) is 12.3. The van der Waals surface area contributed by atoms with Crippen molar-refractivity contribution in [1.29, 1.82) is 0 Å². The van der Waals surface area contributed by atoms with Gasteiger partial charge in [0.2, 0.25) is 0 Å². The Hall–Kier alpha value is -1.16. The minimum atomic E-state index is -0.603. The van der Waals surface area contributed by atoms with Crippen LogP contribution >= 0.6 is 0 Å². The summed E-state index contributed by atoms with van der Waals surface area (Å²) < 4.78 is 31.6. The first kappa shape index (κ1) is 12.3. The van der Waals surface area contributed by atoms with Crippen molar-refractivity contribution in [2.45, 2.75) is 25.9 Å². The Morgan fingerprint density at radius 1 is 1.29 bits per heavy atom. The van der Waals surface area contributed by atoms with Gasteiger partial charge in [-0.25, -0.2) is 8.78 Å². The maximum Gasteiger partial charge on any atom is 0.129 e. The number of ether oxygens (including phenoxy) is 1. The Morgan fingerprint density at radius 2 is 2.00 bits per heavy atom. The van der Waals surface area contributed by atoms with Crippen molar-refractivity contribution in [2.24, 2.45) is 5.92 Å². The van der Waals surface area contributed by atoms with E-state index in [1.165, 1.54) is 12.1 Å². The molecule has 2 unspecified atom stereocenters. The van der Waals surface area contributed by atoms with Gasteiger partial charge in [0.25, 0.3) is 0 Å². The third-order valence-electron chi connectivity index (χ3n) is 3.16. The number of hydrogen-bond acceptors (Lipinski definition) is 2. The fourth-order valence-electron chi connectivity index (χ4n) is 2.19. The quantitative estimate of drug-likeness (QED) is 0.878. The molecular weight excluding hydrogens is 224 g/mol. The molecule has 1 fully saturated rings. The molecule has 0 amide bonds. The van der Waals surface area contributed by atoms with E-state index in [-0.39, 0.29) is 11.9 Å². The third-order valence-corrected chi connectivity index (χ3v) is 3.16. The van der Waals surface area contributed by atoms with Crippen LogP contribution in [0.1, 0.15) is 19.8 Å². The maximum atomic E-state index is 13.0. The summed E-state index contributed by atoms with van der Waals surface area (Å²) in [6.45, 7) is 3.89. The summed E-state index contributed by atoms with van der Waals surface area (Å²) >= 11 is 0. The monoisotopic (exact) mass is 241 g/mol. The van der Waals surface area contributed by atoms with Crippen LogP contribution in [0.2, 0.25) is 0 Å². The molecule has 2 nitrogen and oxygen atoms in total. The first-order valence-electron chi connectivity index (χ1n) is 5.98. The highest BCUT2D eigenvalue weighted by Crippen LogP contribution is 2.22. The summed E-state index contributed by atoms with van der Waals surface area (Å²) in [6.07, 6.45) is 2.17. The molecule has 2 rings (SSSR count). The van der Waals surface area contributed by atoms with Crippen LogP contribution in [-0.2, 0) is 0 Å². The van der Waals surface area contributed by atoms with Crippen LogP contribution in [0.5, 0.6) is 5.75 Å². The zero-order valence-corrected chi connectivity index (χ0v) is 9.88. The molecular formula is C13H17F2NO. The Kier molecular flexibility index (Phi) is 3.94. The fraction of sp³-hybridized carbons (Fsp3) is 0.538. The summed E-state index contributed by atoms with van der Waals surface area (Å²) in [4.78, 5) is 0. The summed E-state index contributed by atoms with van der Waals surface area (Å²) in [5.41, 5.74) is 0. The van der Waals surface area contributed by atoms with Crippen molar-refractivity contribution in [3.8, 4) is 5.75 Å². The molecule has 0 spiro atoms. The van der Waals surface area contributed by atoms with E-state index >= 15 is 0 Å². The predicted octanol–water partition coefficient (Wildman–Crippen LogP) is 2.73. The number of piperidine rings is 1. The second kappa shape index (κ2) is 5.45. The van der Waals surface area contributed by atoms with Gasteiger partial charge in [-0.1, -0.05) is 0 Å². The molecule has 94 valence electrons. The molecule has 17 heavy (non-hydrogen) atoms. The summed E-state index contributed by atoms with van der Waals surface area (Å²) in [7, 11) is 0. The Morgan fingerprint density at radius 3 is 2.59 bits per heavy atom. The SMILES string of the molecule is CC(Oc1cc(F)cc(F)c1)C1CCCNC1. The number of hydrogen-bond donors (Lipinski definition) is 1. The standard InChI is InChI=1S/C13H17F2NO/c1-9(10-3-2-4-16-8-10)17-13-6-11(14)5-12(15)7-13/h5-7,9-10,16H,2-4,8H2,1H3. The lowest BCUT2D eigenvalue weighted by Gasteiger charge is -2.28. The average Bonchev–Trinajstić information content (AvgIpc) is 2.28. The lowest BCUT2D eigenvalue weighted by Crippen LogP contribution is -2.37. The highest BCUT2D eigenvalue weighted by Gasteiger charge is 2.21. The van der Waals surface area contributed by atoms with Crippen molar-refractivity contribution in [2.75, 3.05) is 13.1 Å². The molecule has 1 saturated heterocycles. The van der Waals surface area contributed by atoms with E-state index < -0.39 is 11.6 Å². The van der Waals surface area contributed by atoms with Gasteiger partial charge < -0.3 is 10.1 Å². The lowest BCUT2D eigenvalue weighted by atomic mass is 9.95. The van der Waals surface area contributed by atoms with Crippen LogP contribution in [0.25, 0.3) is 0 Å². The molecule has 2 atom stereocenters. The first-order chi connectivity index (χ1) is 8.15. The van der Waals surface area contributed by atoms with Crippen molar-refractivity contribution in [1.82, 2.24) is 5.32 Å². The van der Waals surface area contributed by atoms with Crippen LogP contribution in [0, 0.1) is 17.6 Å². The second-order valence-corrected chi connectivity index (χ2v) is 4.53. The minimum Gasteiger partial charge on any atom is -0.490 e. The molecule has 4 heteroatoms. The van der Waals surface area contributed by atoms with Crippen molar-refractivity contribution in [3.05, 3.63) is 29.8 Å². The normalized spacial score (nSPS) is 22.2. The van der Waals surface area contributed by atoms with Gasteiger partial charge in [-0.3, -0.25) is 0 Å². The zero-order valence-electron chi connectivity index (χ0n) is 9.88. The molecule has 1 aliphatic rings. The van der Waals surface area contributed by atoms with E-state index in [2.05, 4.69) is 5.32 Å². The van der Waals surface area contributed by atoms with Crippen molar-refractivity contribution in [3.63, 3.8) is 0 Å². The van der Waals surface area contributed by atoms with Crippen molar-refractivity contribution >= 4 is 0 Å². The molecule has 1 aromatic rings. The molecule has 0 aliphatic carbocycles. The van der Waals surface area contributed by atoms with E-state index in [0.717, 1.165) is 32.0 Å². The van der Waals surface area contributed by atoms with Gasteiger partial charge in [-0.15, -0.1) is 0 Å². The Bertz CT molecular complexity index is 357. The molecule has 1 heterocycles. The fourth-order valence-corrected chi connectivity index (χ4v) is 2.19. The smallest absolute Gasteiger partial charge is 0.129 e. The van der Waals surface area contributed by atoms with Crippen LogP contribution in [0.4, 0.5) is 8.78 Å². The van der Waals surface area contributed by atoms with Gasteiger partial charge in [0.15, 0.2) is 0 Å². The van der Waals surface area contributed by atoms with E-state index in [4.69, 9.17) is 4.74 Å². The minimum absolute atomic E-state index is 0.0380. The van der Waals surface area contributed by atoms with Crippen LogP contribution < -0.4 is 10.1 Å². The van der Waals surface area contributed by atoms with Crippen LogP contribution in [-0.4, -0.2) is 19.2 Å². The van der Waals surface area contributed by atoms with Gasteiger partial charge in [-0.2, -0.15) is 0 Å². The highest BCUT2D eigenvalue weighted by molar-refractivity contribution is 5.24. The molecule has 1 N–H and O–H groups in total. The van der Waals surface area contributed by atoms with Gasteiger partial charge in [0.05, 0.1) is 6.10 Å². The Labute approximate surface area is 100.0 Å². The number of rotatable bonds is 3. The molecule has 0 bridgehead atoms. The third kappa shape index (κ3) is 3.40.